The van der Waals surface area contributed by atoms with Crippen LogP contribution in [0.1, 0.15) is 17.2 Å². The van der Waals surface area contributed by atoms with E-state index in [4.69, 9.17) is 11.5 Å². The van der Waals surface area contributed by atoms with Gasteiger partial charge in [-0.2, -0.15) is 0 Å². The van der Waals surface area contributed by atoms with Gasteiger partial charge >= 0.3 is 0 Å². The van der Waals surface area contributed by atoms with Gasteiger partial charge in [0.15, 0.2) is 0 Å². The molecule has 1 aliphatic rings. The number of hydrogen-bond donors (Lipinski definition) is 2. The largest absolute Gasteiger partial charge is 0.367 e. The number of benzene rings is 1. The maximum Gasteiger partial charge on any atom is 0.0419 e. The monoisotopic (exact) mass is 217 g/mol. The van der Waals surface area contributed by atoms with Crippen LogP contribution in [0, 0.1) is 0 Å². The van der Waals surface area contributed by atoms with E-state index >= 15 is 0 Å². The van der Waals surface area contributed by atoms with Crippen molar-refractivity contribution in [2.45, 2.75) is 12.5 Å². The number of nitrogens with two attached hydrogens (primary N) is 2. The second-order valence-electron chi connectivity index (χ2n) is 4.22. The summed E-state index contributed by atoms with van der Waals surface area (Å²) in [6, 6.07) is 6.38. The van der Waals surface area contributed by atoms with Crippen LogP contribution in [0.15, 0.2) is 30.9 Å². The maximum absolute atomic E-state index is 5.93. The van der Waals surface area contributed by atoms with Crippen LogP contribution in [0.5, 0.6) is 0 Å². The van der Waals surface area contributed by atoms with E-state index in [0.29, 0.717) is 6.54 Å². The average molecular weight is 217 g/mol. The summed E-state index contributed by atoms with van der Waals surface area (Å²) in [7, 11) is 0. The number of anilines is 1. The first-order chi connectivity index (χ1) is 7.76. The van der Waals surface area contributed by atoms with Gasteiger partial charge in [0.25, 0.3) is 0 Å². The van der Waals surface area contributed by atoms with Crippen LogP contribution in [0.25, 0.3) is 0 Å². The second-order valence-corrected chi connectivity index (χ2v) is 4.22. The van der Waals surface area contributed by atoms with Gasteiger partial charge in [0.2, 0.25) is 0 Å². The van der Waals surface area contributed by atoms with E-state index in [1.807, 2.05) is 6.08 Å². The molecule has 3 nitrogen and oxygen atoms in total. The van der Waals surface area contributed by atoms with E-state index in [2.05, 4.69) is 29.7 Å². The first-order valence-electron chi connectivity index (χ1n) is 5.70. The van der Waals surface area contributed by atoms with Crippen LogP contribution in [-0.4, -0.2) is 19.6 Å². The lowest BCUT2D eigenvalue weighted by Gasteiger charge is -2.18. The van der Waals surface area contributed by atoms with Gasteiger partial charge in [-0.15, -0.1) is 6.58 Å². The SMILES string of the molecule is C=CCN1CCc2cc([C@@H](N)CN)ccc21. The fourth-order valence-corrected chi connectivity index (χ4v) is 2.20. The van der Waals surface area contributed by atoms with Crippen molar-refractivity contribution >= 4 is 5.69 Å². The van der Waals surface area contributed by atoms with Crippen molar-refractivity contribution < 1.29 is 0 Å². The van der Waals surface area contributed by atoms with Crippen LogP contribution < -0.4 is 16.4 Å². The zero-order valence-corrected chi connectivity index (χ0v) is 9.52. The van der Waals surface area contributed by atoms with Crippen molar-refractivity contribution in [1.29, 1.82) is 0 Å². The highest BCUT2D eigenvalue weighted by Crippen LogP contribution is 2.29. The van der Waals surface area contributed by atoms with E-state index < -0.39 is 0 Å². The molecule has 1 aromatic rings. The molecule has 1 heterocycles. The van der Waals surface area contributed by atoms with Gasteiger partial charge < -0.3 is 16.4 Å². The Labute approximate surface area is 96.7 Å². The summed E-state index contributed by atoms with van der Waals surface area (Å²) < 4.78 is 0. The predicted molar refractivity (Wildman–Crippen MR) is 68.5 cm³/mol. The lowest BCUT2D eigenvalue weighted by Crippen LogP contribution is -2.21. The first-order valence-corrected chi connectivity index (χ1v) is 5.70. The second kappa shape index (κ2) is 4.68. The van der Waals surface area contributed by atoms with Crippen molar-refractivity contribution in [3.63, 3.8) is 0 Å². The standard InChI is InChI=1S/C13H19N3/c1-2-6-16-7-5-11-8-10(12(15)9-14)3-4-13(11)16/h2-4,8,12H,1,5-7,9,14-15H2/t12-/m0/s1. The Kier molecular flexibility index (Phi) is 3.27. The summed E-state index contributed by atoms with van der Waals surface area (Å²) in [5, 5.41) is 0. The quantitative estimate of drug-likeness (QED) is 0.745. The van der Waals surface area contributed by atoms with E-state index in [1.165, 1.54) is 11.3 Å². The van der Waals surface area contributed by atoms with Crippen LogP contribution in [0.2, 0.25) is 0 Å². The number of hydrogen-bond acceptors (Lipinski definition) is 3. The lowest BCUT2D eigenvalue weighted by atomic mass is 10.0. The third-order valence-corrected chi connectivity index (χ3v) is 3.13. The molecule has 0 saturated heterocycles. The van der Waals surface area contributed by atoms with E-state index in [0.717, 1.165) is 25.1 Å². The Bertz CT molecular complexity index is 387. The van der Waals surface area contributed by atoms with Crippen molar-refractivity contribution in [3.05, 3.63) is 42.0 Å². The predicted octanol–water partition coefficient (Wildman–Crippen LogP) is 1.19. The zero-order valence-electron chi connectivity index (χ0n) is 9.52. The van der Waals surface area contributed by atoms with Gasteiger partial charge in [0.1, 0.15) is 0 Å². The Morgan fingerprint density at radius 1 is 1.50 bits per heavy atom. The summed E-state index contributed by atoms with van der Waals surface area (Å²) in [4.78, 5) is 2.33. The van der Waals surface area contributed by atoms with Crippen molar-refractivity contribution in [2.24, 2.45) is 11.5 Å². The third kappa shape index (κ3) is 1.96. The molecular weight excluding hydrogens is 198 g/mol. The number of rotatable bonds is 4. The molecule has 0 unspecified atom stereocenters. The lowest BCUT2D eigenvalue weighted by molar-refractivity contribution is 0.736. The third-order valence-electron chi connectivity index (χ3n) is 3.13. The number of fused-ring (bicyclic) bond motifs is 1. The summed E-state index contributed by atoms with van der Waals surface area (Å²) >= 11 is 0. The van der Waals surface area contributed by atoms with Crippen molar-refractivity contribution in [2.75, 3.05) is 24.5 Å². The summed E-state index contributed by atoms with van der Waals surface area (Å²) in [6.07, 6.45) is 3.03. The van der Waals surface area contributed by atoms with Gasteiger partial charge in [0, 0.05) is 31.4 Å². The molecule has 0 spiro atoms. The molecule has 1 aliphatic heterocycles. The molecular formula is C13H19N3. The molecule has 3 heteroatoms. The smallest absolute Gasteiger partial charge is 0.0419 e. The van der Waals surface area contributed by atoms with Crippen LogP contribution in [0.3, 0.4) is 0 Å². The fraction of sp³-hybridized carbons (Fsp3) is 0.385. The molecule has 0 amide bonds. The Morgan fingerprint density at radius 3 is 3.00 bits per heavy atom. The molecule has 1 aromatic carbocycles. The molecule has 2 rings (SSSR count). The molecule has 16 heavy (non-hydrogen) atoms. The zero-order chi connectivity index (χ0) is 11.5. The average Bonchev–Trinajstić information content (AvgIpc) is 2.71. The molecule has 4 N–H and O–H groups in total. The Balaban J connectivity index is 2.25. The van der Waals surface area contributed by atoms with E-state index in [1.54, 1.807) is 0 Å². The number of nitrogens with zero attached hydrogens (tertiary/aromatic N) is 1. The van der Waals surface area contributed by atoms with Gasteiger partial charge in [-0.25, -0.2) is 0 Å². The van der Waals surface area contributed by atoms with Gasteiger partial charge in [-0.1, -0.05) is 18.2 Å². The molecule has 0 aromatic heterocycles. The summed E-state index contributed by atoms with van der Waals surface area (Å²) in [6.45, 7) is 6.26. The van der Waals surface area contributed by atoms with Gasteiger partial charge in [-0.3, -0.25) is 0 Å². The highest BCUT2D eigenvalue weighted by atomic mass is 15.1. The molecule has 0 saturated carbocycles. The van der Waals surface area contributed by atoms with Crippen molar-refractivity contribution in [3.8, 4) is 0 Å². The van der Waals surface area contributed by atoms with Gasteiger partial charge in [-0.05, 0) is 23.6 Å². The summed E-state index contributed by atoms with van der Waals surface area (Å²) in [5.74, 6) is 0. The molecule has 0 radical (unpaired) electrons. The van der Waals surface area contributed by atoms with Crippen LogP contribution >= 0.6 is 0 Å². The first kappa shape index (κ1) is 11.2. The minimum absolute atomic E-state index is 0.0428. The van der Waals surface area contributed by atoms with Crippen molar-refractivity contribution in [1.82, 2.24) is 0 Å². The topological polar surface area (TPSA) is 55.3 Å². The minimum Gasteiger partial charge on any atom is -0.367 e. The molecule has 1 atom stereocenters. The molecule has 0 fully saturated rings. The molecule has 0 aliphatic carbocycles. The van der Waals surface area contributed by atoms with E-state index in [-0.39, 0.29) is 6.04 Å². The van der Waals surface area contributed by atoms with Crippen LogP contribution in [0.4, 0.5) is 5.69 Å². The Morgan fingerprint density at radius 2 is 2.31 bits per heavy atom. The van der Waals surface area contributed by atoms with E-state index in [9.17, 15) is 0 Å². The Hall–Kier alpha value is -1.32. The highest BCUT2D eigenvalue weighted by Gasteiger charge is 2.18. The minimum atomic E-state index is -0.0428. The molecule has 0 bridgehead atoms. The normalized spacial score (nSPS) is 16.0. The van der Waals surface area contributed by atoms with Gasteiger partial charge in [0.05, 0.1) is 0 Å². The van der Waals surface area contributed by atoms with Crippen LogP contribution in [-0.2, 0) is 6.42 Å². The highest BCUT2D eigenvalue weighted by molar-refractivity contribution is 5.59. The fourth-order valence-electron chi connectivity index (χ4n) is 2.20. The summed E-state index contributed by atoms with van der Waals surface area (Å²) in [5.41, 5.74) is 15.3. The molecule has 86 valence electrons. The maximum atomic E-state index is 5.93.